The Bertz CT molecular complexity index is 189. The van der Waals surface area contributed by atoms with Crippen LogP contribution in [-0.4, -0.2) is 6.29 Å². The summed E-state index contributed by atoms with van der Waals surface area (Å²) in [5.74, 6) is 0. The van der Waals surface area contributed by atoms with Gasteiger partial charge in [-0.15, -0.1) is 0 Å². The molecule has 0 bridgehead atoms. The van der Waals surface area contributed by atoms with Crippen molar-refractivity contribution < 1.29 is 4.79 Å². The van der Waals surface area contributed by atoms with Crippen LogP contribution in [-0.2, 0) is 4.79 Å². The second kappa shape index (κ2) is 10.2. The monoisotopic (exact) mass is 193 g/mol. The van der Waals surface area contributed by atoms with Gasteiger partial charge in [0, 0.05) is 6.42 Å². The maximum atomic E-state index is 9.97. The number of unbranched alkanes of at least 4 members (excludes halogenated alkanes) is 3. The second-order valence-electron chi connectivity index (χ2n) is 3.57. The van der Waals surface area contributed by atoms with E-state index in [-0.39, 0.29) is 0 Å². The van der Waals surface area contributed by atoms with E-state index in [9.17, 15) is 4.79 Å². The second-order valence-corrected chi connectivity index (χ2v) is 3.57. The van der Waals surface area contributed by atoms with Gasteiger partial charge in [0.05, 0.1) is 0 Å². The molecule has 0 rings (SSSR count). The van der Waals surface area contributed by atoms with Crippen LogP contribution >= 0.6 is 0 Å². The average Bonchev–Trinajstić information content (AvgIpc) is 2.20. The van der Waals surface area contributed by atoms with Gasteiger partial charge in [-0.05, 0) is 26.2 Å². The van der Waals surface area contributed by atoms with Crippen molar-refractivity contribution in [3.8, 4) is 0 Å². The molecule has 0 amide bonds. The standard InChI is InChI=1S/C13H21O/c1-3-4-5-6-7-8-10-13(2)11-9-12-14/h7-8,11H,3-6,9-10H2,1-2H3/b8-7+,13-11+. The molecular formula is C13H21O. The van der Waals surface area contributed by atoms with E-state index in [1.54, 1.807) is 0 Å². The highest BCUT2D eigenvalue weighted by Crippen LogP contribution is 2.04. The lowest BCUT2D eigenvalue weighted by molar-refractivity contribution is 0.556. The fraction of sp³-hybridized carbons (Fsp3) is 0.615. The molecule has 0 unspecified atom stereocenters. The molecule has 0 aliphatic heterocycles. The van der Waals surface area contributed by atoms with Crippen molar-refractivity contribution in [2.45, 2.75) is 52.4 Å². The van der Waals surface area contributed by atoms with Crippen molar-refractivity contribution in [2.24, 2.45) is 0 Å². The summed E-state index contributed by atoms with van der Waals surface area (Å²) in [6, 6.07) is 0. The fourth-order valence-electron chi connectivity index (χ4n) is 1.20. The van der Waals surface area contributed by atoms with Crippen LogP contribution < -0.4 is 0 Å². The zero-order chi connectivity index (χ0) is 10.6. The van der Waals surface area contributed by atoms with Gasteiger partial charge in [0.25, 0.3) is 0 Å². The largest absolute Gasteiger partial charge is 0.291 e. The fourth-order valence-corrected chi connectivity index (χ4v) is 1.20. The number of carbonyl (C=O) groups excluding carboxylic acids is 1. The number of hydrogen-bond donors (Lipinski definition) is 0. The SMILES string of the molecule is CCCCC/C=C/C/C(C)=C/C[C]=O. The summed E-state index contributed by atoms with van der Waals surface area (Å²) in [6.07, 6.45) is 14.7. The van der Waals surface area contributed by atoms with E-state index >= 15 is 0 Å². The van der Waals surface area contributed by atoms with Gasteiger partial charge < -0.3 is 0 Å². The lowest BCUT2D eigenvalue weighted by Gasteiger charge is -1.94. The number of rotatable bonds is 8. The minimum absolute atomic E-state index is 0.426. The van der Waals surface area contributed by atoms with Crippen molar-refractivity contribution in [2.75, 3.05) is 0 Å². The van der Waals surface area contributed by atoms with Crippen LogP contribution in [0, 0.1) is 0 Å². The summed E-state index contributed by atoms with van der Waals surface area (Å²) in [4.78, 5) is 9.97. The first-order valence-corrected chi connectivity index (χ1v) is 5.47. The van der Waals surface area contributed by atoms with E-state index in [2.05, 4.69) is 19.1 Å². The summed E-state index contributed by atoms with van der Waals surface area (Å²) in [7, 11) is 0. The van der Waals surface area contributed by atoms with Crippen LogP contribution in [0.25, 0.3) is 0 Å². The maximum Gasteiger partial charge on any atom is 0.202 e. The van der Waals surface area contributed by atoms with Gasteiger partial charge in [0.2, 0.25) is 6.29 Å². The molecule has 0 atom stereocenters. The molecule has 0 aromatic heterocycles. The van der Waals surface area contributed by atoms with Crippen LogP contribution in [0.15, 0.2) is 23.8 Å². The minimum Gasteiger partial charge on any atom is -0.291 e. The Morgan fingerprint density at radius 2 is 2.07 bits per heavy atom. The Kier molecular flexibility index (Phi) is 9.61. The summed E-state index contributed by atoms with van der Waals surface area (Å²) < 4.78 is 0. The predicted molar refractivity (Wildman–Crippen MR) is 62.0 cm³/mol. The van der Waals surface area contributed by atoms with Gasteiger partial charge in [-0.2, -0.15) is 0 Å². The lowest BCUT2D eigenvalue weighted by atomic mass is 10.1. The third-order valence-corrected chi connectivity index (χ3v) is 2.11. The Hall–Kier alpha value is -0.850. The molecule has 0 fully saturated rings. The van der Waals surface area contributed by atoms with Crippen molar-refractivity contribution in [3.05, 3.63) is 23.8 Å². The first-order chi connectivity index (χ1) is 6.81. The van der Waals surface area contributed by atoms with E-state index in [1.807, 2.05) is 19.3 Å². The van der Waals surface area contributed by atoms with Gasteiger partial charge in [0.1, 0.15) is 0 Å². The predicted octanol–water partition coefficient (Wildman–Crippen LogP) is 3.96. The maximum absolute atomic E-state index is 9.97. The molecule has 0 spiro atoms. The van der Waals surface area contributed by atoms with E-state index in [4.69, 9.17) is 0 Å². The van der Waals surface area contributed by atoms with Crippen molar-refractivity contribution >= 4 is 6.29 Å². The van der Waals surface area contributed by atoms with Crippen molar-refractivity contribution in [1.82, 2.24) is 0 Å². The summed E-state index contributed by atoms with van der Waals surface area (Å²) in [5.41, 5.74) is 1.25. The van der Waals surface area contributed by atoms with E-state index in [0.29, 0.717) is 6.42 Å². The van der Waals surface area contributed by atoms with Crippen LogP contribution in [0.1, 0.15) is 52.4 Å². The highest BCUT2D eigenvalue weighted by atomic mass is 16.1. The van der Waals surface area contributed by atoms with Gasteiger partial charge in [-0.3, -0.25) is 4.79 Å². The normalized spacial score (nSPS) is 12.3. The molecule has 14 heavy (non-hydrogen) atoms. The van der Waals surface area contributed by atoms with Crippen molar-refractivity contribution in [3.63, 3.8) is 0 Å². The smallest absolute Gasteiger partial charge is 0.202 e. The van der Waals surface area contributed by atoms with E-state index < -0.39 is 0 Å². The zero-order valence-electron chi connectivity index (χ0n) is 9.38. The van der Waals surface area contributed by atoms with Crippen molar-refractivity contribution in [1.29, 1.82) is 0 Å². The molecule has 0 aromatic rings. The highest BCUT2D eigenvalue weighted by molar-refractivity contribution is 5.53. The van der Waals surface area contributed by atoms with Crippen LogP contribution in [0.5, 0.6) is 0 Å². The molecule has 79 valence electrons. The molecule has 0 aliphatic rings. The first kappa shape index (κ1) is 13.2. The molecule has 0 N–H and O–H groups in total. The Morgan fingerprint density at radius 1 is 1.29 bits per heavy atom. The molecule has 0 heterocycles. The van der Waals surface area contributed by atoms with Crippen LogP contribution in [0.3, 0.4) is 0 Å². The molecule has 1 nitrogen and oxygen atoms in total. The molecule has 0 aromatic carbocycles. The number of allylic oxidation sites excluding steroid dienone is 4. The topological polar surface area (TPSA) is 17.1 Å². The van der Waals surface area contributed by atoms with Crippen LogP contribution in [0.4, 0.5) is 0 Å². The molecule has 0 saturated heterocycles. The van der Waals surface area contributed by atoms with Crippen LogP contribution in [0.2, 0.25) is 0 Å². The number of hydrogen-bond acceptors (Lipinski definition) is 1. The lowest BCUT2D eigenvalue weighted by Crippen LogP contribution is -1.76. The molecule has 0 saturated carbocycles. The zero-order valence-corrected chi connectivity index (χ0v) is 9.38. The minimum atomic E-state index is 0.426. The summed E-state index contributed by atoms with van der Waals surface area (Å²) in [6.45, 7) is 4.26. The summed E-state index contributed by atoms with van der Waals surface area (Å²) >= 11 is 0. The molecule has 0 aliphatic carbocycles. The van der Waals surface area contributed by atoms with E-state index in [1.165, 1.54) is 31.3 Å². The van der Waals surface area contributed by atoms with Gasteiger partial charge in [-0.1, -0.05) is 43.6 Å². The highest BCUT2D eigenvalue weighted by Gasteiger charge is 1.85. The molecular weight excluding hydrogens is 172 g/mol. The Morgan fingerprint density at radius 3 is 2.71 bits per heavy atom. The van der Waals surface area contributed by atoms with Gasteiger partial charge >= 0.3 is 0 Å². The van der Waals surface area contributed by atoms with Gasteiger partial charge in [-0.25, -0.2) is 0 Å². The summed E-state index contributed by atoms with van der Waals surface area (Å²) in [5, 5.41) is 0. The third kappa shape index (κ3) is 9.24. The molecule has 1 heteroatoms. The Balaban J connectivity index is 3.45. The quantitative estimate of drug-likeness (QED) is 0.421. The molecule has 1 radical (unpaired) electrons. The Labute approximate surface area is 87.9 Å². The van der Waals surface area contributed by atoms with E-state index in [0.717, 1.165) is 6.42 Å². The average molecular weight is 193 g/mol. The first-order valence-electron chi connectivity index (χ1n) is 5.47. The third-order valence-electron chi connectivity index (χ3n) is 2.11. The van der Waals surface area contributed by atoms with Gasteiger partial charge in [0.15, 0.2) is 0 Å².